The summed E-state index contributed by atoms with van der Waals surface area (Å²) in [6.45, 7) is 1.81. The monoisotopic (exact) mass is 710 g/mol. The van der Waals surface area contributed by atoms with Gasteiger partial charge >= 0.3 is 5.92 Å². The van der Waals surface area contributed by atoms with Crippen molar-refractivity contribution in [2.24, 2.45) is 0 Å². The van der Waals surface area contributed by atoms with Crippen LogP contribution in [0.3, 0.4) is 0 Å². The van der Waals surface area contributed by atoms with E-state index >= 15 is 8.78 Å². The number of tetrazole rings is 1. The first-order valence-electron chi connectivity index (χ1n) is 15.8. The molecule has 3 aromatic heterocycles. The zero-order chi connectivity index (χ0) is 36.7. The van der Waals surface area contributed by atoms with E-state index in [9.17, 15) is 18.7 Å². The summed E-state index contributed by atoms with van der Waals surface area (Å²) >= 11 is 0. The maximum absolute atomic E-state index is 16.0. The lowest BCUT2D eigenvalue weighted by atomic mass is 9.84. The van der Waals surface area contributed by atoms with E-state index in [4.69, 9.17) is 4.74 Å². The summed E-state index contributed by atoms with van der Waals surface area (Å²) in [4.78, 5) is 14.9. The number of carbonyl (C=O) groups excluding carboxylic acids is 1. The molecule has 3 heterocycles. The molecule has 1 unspecified atom stereocenters. The Hall–Kier alpha value is -6.40. The van der Waals surface area contributed by atoms with Crippen LogP contribution in [0, 0.1) is 23.5 Å². The highest BCUT2D eigenvalue weighted by atomic mass is 19.3. The number of hydrogen-bond acceptors (Lipinski definition) is 8. The van der Waals surface area contributed by atoms with Crippen molar-refractivity contribution in [3.63, 3.8) is 0 Å². The highest BCUT2D eigenvalue weighted by Crippen LogP contribution is 2.46. The third-order valence-corrected chi connectivity index (χ3v) is 7.96. The van der Waals surface area contributed by atoms with Crippen LogP contribution >= 0.6 is 0 Å². The van der Waals surface area contributed by atoms with E-state index in [2.05, 4.69) is 42.8 Å². The van der Waals surface area contributed by atoms with E-state index in [1.165, 1.54) is 13.0 Å². The lowest BCUT2D eigenvalue weighted by Gasteiger charge is -2.35. The number of pyridine rings is 1. The first-order valence-corrected chi connectivity index (χ1v) is 15.8. The standard InChI is InChI=1S/C37H30F4N8O3/c1-25(50)42-20-31-16-17-48(45-31)21-28-4-6-29(7-5-28)22-52-32-12-8-26(9-13-32)2-3-27-10-15-35(43-19-27)37(40,41)36(51,23-49-24-44-46-47-49)33-14-11-30(38)18-34(33)39/h4-19,24,51H,20-23H2,1H3,(H,42,50). The van der Waals surface area contributed by atoms with Gasteiger partial charge in [0.15, 0.2) is 5.60 Å². The molecule has 0 radical (unpaired) electrons. The molecule has 15 heteroatoms. The Kier molecular flexibility index (Phi) is 10.4. The fourth-order valence-electron chi connectivity index (χ4n) is 5.21. The second-order valence-electron chi connectivity index (χ2n) is 11.8. The fourth-order valence-corrected chi connectivity index (χ4v) is 5.21. The van der Waals surface area contributed by atoms with E-state index in [1.54, 1.807) is 28.9 Å². The van der Waals surface area contributed by atoms with Crippen molar-refractivity contribution < 1.29 is 32.2 Å². The van der Waals surface area contributed by atoms with Crippen LogP contribution < -0.4 is 10.1 Å². The second-order valence-corrected chi connectivity index (χ2v) is 11.8. The van der Waals surface area contributed by atoms with Crippen LogP contribution in [0.4, 0.5) is 17.6 Å². The number of ether oxygens (including phenoxy) is 1. The molecule has 0 saturated carbocycles. The van der Waals surface area contributed by atoms with E-state index in [0.29, 0.717) is 42.6 Å². The predicted octanol–water partition coefficient (Wildman–Crippen LogP) is 4.89. The number of alkyl halides is 2. The first kappa shape index (κ1) is 35.4. The molecule has 0 bridgehead atoms. The van der Waals surface area contributed by atoms with Crippen LogP contribution in [0.5, 0.6) is 5.75 Å². The van der Waals surface area contributed by atoms with Crippen LogP contribution in [-0.4, -0.2) is 46.0 Å². The number of hydrogen-bond donors (Lipinski definition) is 2. The third kappa shape index (κ3) is 8.31. The average Bonchev–Trinajstić information content (AvgIpc) is 3.82. The van der Waals surface area contributed by atoms with Gasteiger partial charge in [-0.15, -0.1) is 5.10 Å². The molecule has 0 aliphatic heterocycles. The van der Waals surface area contributed by atoms with Crippen molar-refractivity contribution in [3.05, 3.63) is 154 Å². The molecule has 6 aromatic rings. The number of nitrogens with one attached hydrogen (secondary N) is 1. The molecule has 11 nitrogen and oxygen atoms in total. The van der Waals surface area contributed by atoms with Crippen LogP contribution in [0.2, 0.25) is 0 Å². The maximum Gasteiger partial charge on any atom is 0.323 e. The minimum absolute atomic E-state index is 0.109. The maximum atomic E-state index is 16.0. The lowest BCUT2D eigenvalue weighted by Crippen LogP contribution is -2.48. The van der Waals surface area contributed by atoms with Gasteiger partial charge in [0.1, 0.15) is 36.0 Å². The number of halogens is 4. The molecule has 6 rings (SSSR count). The summed E-state index contributed by atoms with van der Waals surface area (Å²) in [5, 5.41) is 28.8. The predicted molar refractivity (Wildman–Crippen MR) is 178 cm³/mol. The Morgan fingerprint density at radius 3 is 2.33 bits per heavy atom. The number of nitrogens with zero attached hydrogens (tertiary/aromatic N) is 7. The van der Waals surface area contributed by atoms with Crippen molar-refractivity contribution in [1.29, 1.82) is 0 Å². The van der Waals surface area contributed by atoms with Crippen molar-refractivity contribution >= 4 is 5.91 Å². The van der Waals surface area contributed by atoms with Gasteiger partial charge in [0.25, 0.3) is 0 Å². The molecule has 0 saturated heterocycles. The molecule has 264 valence electrons. The van der Waals surface area contributed by atoms with E-state index in [-0.39, 0.29) is 5.91 Å². The number of carbonyl (C=O) groups is 1. The zero-order valence-corrected chi connectivity index (χ0v) is 27.5. The highest BCUT2D eigenvalue weighted by molar-refractivity contribution is 5.72. The van der Waals surface area contributed by atoms with Gasteiger partial charge in [-0.25, -0.2) is 13.5 Å². The van der Waals surface area contributed by atoms with Crippen LogP contribution in [-0.2, 0) is 42.6 Å². The molecule has 3 aromatic carbocycles. The van der Waals surface area contributed by atoms with Gasteiger partial charge in [0.2, 0.25) is 5.91 Å². The Labute approximate surface area is 294 Å². The molecule has 0 aliphatic carbocycles. The quantitative estimate of drug-likeness (QED) is 0.136. The zero-order valence-electron chi connectivity index (χ0n) is 27.5. The number of rotatable bonds is 12. The SMILES string of the molecule is CC(=O)NCc1ccn(Cc2ccc(COc3ccc(C#Cc4ccc(C(F)(F)C(O)(Cn5cnnn5)c5ccc(F)cc5F)nc4)cc3)cc2)n1. The first-order chi connectivity index (χ1) is 25.0. The van der Waals surface area contributed by atoms with Crippen molar-refractivity contribution in [2.45, 2.75) is 44.7 Å². The van der Waals surface area contributed by atoms with Gasteiger partial charge < -0.3 is 15.2 Å². The topological polar surface area (TPSA) is 133 Å². The van der Waals surface area contributed by atoms with Crippen LogP contribution in [0.25, 0.3) is 0 Å². The number of aliphatic hydroxyl groups is 1. The Bertz CT molecular complexity index is 2200. The Morgan fingerprint density at radius 1 is 0.923 bits per heavy atom. The van der Waals surface area contributed by atoms with Gasteiger partial charge in [0.05, 0.1) is 25.3 Å². The minimum atomic E-state index is -4.18. The Balaban J connectivity index is 1.06. The largest absolute Gasteiger partial charge is 0.489 e. The number of aromatic nitrogens is 7. The van der Waals surface area contributed by atoms with E-state index < -0.39 is 41.0 Å². The summed E-state index contributed by atoms with van der Waals surface area (Å²) in [5.74, 6) is -0.241. The summed E-state index contributed by atoms with van der Waals surface area (Å²) in [6.07, 6.45) is 3.95. The Morgan fingerprint density at radius 2 is 1.65 bits per heavy atom. The molecular weight excluding hydrogens is 680 g/mol. The molecule has 0 aliphatic rings. The van der Waals surface area contributed by atoms with Crippen molar-refractivity contribution in [2.75, 3.05) is 0 Å². The smallest absolute Gasteiger partial charge is 0.323 e. The van der Waals surface area contributed by atoms with Crippen LogP contribution in [0.1, 0.15) is 46.1 Å². The molecule has 2 N–H and O–H groups in total. The summed E-state index contributed by atoms with van der Waals surface area (Å²) in [5.41, 5.74) is -1.23. The summed E-state index contributed by atoms with van der Waals surface area (Å²) in [6, 6.07) is 21.0. The number of benzene rings is 3. The summed E-state index contributed by atoms with van der Waals surface area (Å²) in [7, 11) is 0. The number of amides is 1. The summed E-state index contributed by atoms with van der Waals surface area (Å²) < 4.78 is 68.8. The molecule has 52 heavy (non-hydrogen) atoms. The lowest BCUT2D eigenvalue weighted by molar-refractivity contribution is -0.207. The minimum Gasteiger partial charge on any atom is -0.489 e. The van der Waals surface area contributed by atoms with E-state index in [1.807, 2.05) is 36.5 Å². The highest BCUT2D eigenvalue weighted by Gasteiger charge is 2.58. The van der Waals surface area contributed by atoms with Gasteiger partial charge in [0, 0.05) is 42.1 Å². The molecule has 0 fully saturated rings. The second kappa shape index (κ2) is 15.2. The van der Waals surface area contributed by atoms with Crippen molar-refractivity contribution in [1.82, 2.24) is 40.3 Å². The van der Waals surface area contributed by atoms with Gasteiger partial charge in [-0.05, 0) is 76.2 Å². The van der Waals surface area contributed by atoms with Crippen LogP contribution in [0.15, 0.2) is 104 Å². The van der Waals surface area contributed by atoms with E-state index in [0.717, 1.165) is 52.2 Å². The van der Waals surface area contributed by atoms with Gasteiger partial charge in [-0.2, -0.15) is 13.9 Å². The average molecular weight is 711 g/mol. The molecule has 1 amide bonds. The molecular formula is C37H30F4N8O3. The fraction of sp³-hybridized carbons (Fsp3) is 0.189. The van der Waals surface area contributed by atoms with Gasteiger partial charge in [-0.1, -0.05) is 36.1 Å². The molecule has 1 atom stereocenters. The van der Waals surface area contributed by atoms with Crippen molar-refractivity contribution in [3.8, 4) is 17.6 Å². The van der Waals surface area contributed by atoms with Gasteiger partial charge in [-0.3, -0.25) is 14.5 Å². The normalized spacial score (nSPS) is 12.4. The molecule has 0 spiro atoms. The third-order valence-electron chi connectivity index (χ3n) is 7.96.